The van der Waals surface area contributed by atoms with E-state index in [-0.39, 0.29) is 12.1 Å². The van der Waals surface area contributed by atoms with Gasteiger partial charge in [-0.25, -0.2) is 13.7 Å². The highest BCUT2D eigenvalue weighted by Crippen LogP contribution is 2.35. The number of rotatable bonds is 3. The fourth-order valence-electron chi connectivity index (χ4n) is 2.39. The quantitative estimate of drug-likeness (QED) is 0.804. The number of aryl methyl sites for hydroxylation is 1. The molecule has 1 unspecified atom stereocenters. The SMILES string of the molecule is Cc1ccc(SC2CC(=O)N(c3ccc(F)cc3F)C2=O)cc1. The fourth-order valence-corrected chi connectivity index (χ4v) is 3.45. The van der Waals surface area contributed by atoms with E-state index in [1.165, 1.54) is 11.8 Å². The number of hydrogen-bond acceptors (Lipinski definition) is 3. The molecule has 1 heterocycles. The van der Waals surface area contributed by atoms with E-state index in [1.54, 1.807) is 0 Å². The first-order valence-electron chi connectivity index (χ1n) is 7.01. The van der Waals surface area contributed by atoms with Gasteiger partial charge in [0.1, 0.15) is 11.6 Å². The summed E-state index contributed by atoms with van der Waals surface area (Å²) in [6.07, 6.45) is -0.00576. The van der Waals surface area contributed by atoms with E-state index in [4.69, 9.17) is 0 Å². The second-order valence-corrected chi connectivity index (χ2v) is 6.56. The Kier molecular flexibility index (Phi) is 4.17. The van der Waals surface area contributed by atoms with E-state index < -0.39 is 28.7 Å². The van der Waals surface area contributed by atoms with Crippen molar-refractivity contribution in [3.8, 4) is 0 Å². The van der Waals surface area contributed by atoms with Crippen molar-refractivity contribution in [2.45, 2.75) is 23.5 Å². The molecule has 1 atom stereocenters. The minimum absolute atomic E-state index is 0.00576. The van der Waals surface area contributed by atoms with Crippen molar-refractivity contribution in [3.05, 3.63) is 59.7 Å². The van der Waals surface area contributed by atoms with Gasteiger partial charge in [0.25, 0.3) is 0 Å². The Bertz CT molecular complexity index is 777. The van der Waals surface area contributed by atoms with Crippen molar-refractivity contribution in [1.82, 2.24) is 0 Å². The van der Waals surface area contributed by atoms with Crippen LogP contribution in [0, 0.1) is 18.6 Å². The highest BCUT2D eigenvalue weighted by molar-refractivity contribution is 8.00. The van der Waals surface area contributed by atoms with Crippen LogP contribution in [0.2, 0.25) is 0 Å². The zero-order valence-electron chi connectivity index (χ0n) is 12.3. The molecule has 0 aromatic heterocycles. The molecule has 23 heavy (non-hydrogen) atoms. The first-order valence-corrected chi connectivity index (χ1v) is 7.89. The molecule has 3 rings (SSSR count). The topological polar surface area (TPSA) is 37.4 Å². The van der Waals surface area contributed by atoms with E-state index >= 15 is 0 Å². The van der Waals surface area contributed by atoms with Crippen molar-refractivity contribution < 1.29 is 18.4 Å². The number of imide groups is 1. The smallest absolute Gasteiger partial charge is 0.247 e. The lowest BCUT2D eigenvalue weighted by Gasteiger charge is -2.15. The Morgan fingerprint density at radius 1 is 1.09 bits per heavy atom. The Hall–Kier alpha value is -2.21. The molecule has 1 aliphatic heterocycles. The molecule has 1 fully saturated rings. The van der Waals surface area contributed by atoms with Gasteiger partial charge in [0.15, 0.2) is 0 Å². The Balaban J connectivity index is 1.83. The Morgan fingerprint density at radius 2 is 1.78 bits per heavy atom. The molecule has 118 valence electrons. The number of thioether (sulfide) groups is 1. The molecule has 6 heteroatoms. The van der Waals surface area contributed by atoms with E-state index in [2.05, 4.69) is 0 Å². The second kappa shape index (κ2) is 6.12. The maximum atomic E-state index is 13.9. The molecule has 2 amide bonds. The normalized spacial score (nSPS) is 17.9. The summed E-state index contributed by atoms with van der Waals surface area (Å²) in [5.74, 6) is -2.64. The van der Waals surface area contributed by atoms with Crippen LogP contribution in [0.25, 0.3) is 0 Å². The van der Waals surface area contributed by atoms with Gasteiger partial charge in [-0.2, -0.15) is 0 Å². The lowest BCUT2D eigenvalue weighted by atomic mass is 10.2. The third-order valence-electron chi connectivity index (χ3n) is 3.56. The number of hydrogen-bond donors (Lipinski definition) is 0. The van der Waals surface area contributed by atoms with Gasteiger partial charge in [-0.1, -0.05) is 17.7 Å². The van der Waals surface area contributed by atoms with E-state index in [0.29, 0.717) is 6.07 Å². The molecule has 0 N–H and O–H groups in total. The average Bonchev–Trinajstić information content (AvgIpc) is 2.77. The van der Waals surface area contributed by atoms with Crippen LogP contribution in [0.4, 0.5) is 14.5 Å². The largest absolute Gasteiger partial charge is 0.274 e. The van der Waals surface area contributed by atoms with Crippen LogP contribution in [0.3, 0.4) is 0 Å². The molecule has 0 saturated carbocycles. The van der Waals surface area contributed by atoms with Crippen molar-refractivity contribution in [2.24, 2.45) is 0 Å². The summed E-state index contributed by atoms with van der Waals surface area (Å²) in [5, 5.41) is -0.602. The number of benzene rings is 2. The Labute approximate surface area is 136 Å². The van der Waals surface area contributed by atoms with E-state index in [9.17, 15) is 18.4 Å². The zero-order chi connectivity index (χ0) is 16.6. The minimum atomic E-state index is -0.923. The standard InChI is InChI=1S/C17H13F2NO2S/c1-10-2-5-12(6-3-10)23-15-9-16(21)20(17(15)22)14-7-4-11(18)8-13(14)19/h2-8,15H,9H2,1H3. The molecule has 2 aromatic carbocycles. The van der Waals surface area contributed by atoms with Crippen LogP contribution in [0.5, 0.6) is 0 Å². The van der Waals surface area contributed by atoms with Gasteiger partial charge in [-0.05, 0) is 31.2 Å². The molecule has 3 nitrogen and oxygen atoms in total. The van der Waals surface area contributed by atoms with Crippen LogP contribution in [0.1, 0.15) is 12.0 Å². The fraction of sp³-hybridized carbons (Fsp3) is 0.176. The number of amides is 2. The lowest BCUT2D eigenvalue weighted by Crippen LogP contribution is -2.31. The minimum Gasteiger partial charge on any atom is -0.274 e. The lowest BCUT2D eigenvalue weighted by molar-refractivity contribution is -0.121. The Morgan fingerprint density at radius 3 is 2.43 bits per heavy atom. The summed E-state index contributed by atoms with van der Waals surface area (Å²) in [7, 11) is 0. The molecular weight excluding hydrogens is 320 g/mol. The molecule has 2 aromatic rings. The van der Waals surface area contributed by atoms with E-state index in [1.807, 2.05) is 31.2 Å². The molecule has 0 aliphatic carbocycles. The maximum absolute atomic E-state index is 13.9. The van der Waals surface area contributed by atoms with Gasteiger partial charge in [-0.3, -0.25) is 9.59 Å². The summed E-state index contributed by atoms with van der Waals surface area (Å²) in [6, 6.07) is 10.4. The van der Waals surface area contributed by atoms with Crippen LogP contribution in [-0.2, 0) is 9.59 Å². The summed E-state index contributed by atoms with van der Waals surface area (Å²) in [5.41, 5.74) is 0.895. The summed E-state index contributed by atoms with van der Waals surface area (Å²) in [4.78, 5) is 26.2. The second-order valence-electron chi connectivity index (χ2n) is 5.29. The molecule has 1 saturated heterocycles. The number of carbonyl (C=O) groups is 2. The molecule has 0 spiro atoms. The van der Waals surface area contributed by atoms with Crippen molar-refractivity contribution in [3.63, 3.8) is 0 Å². The predicted octanol–water partition coefficient (Wildman–Crippen LogP) is 3.70. The highest BCUT2D eigenvalue weighted by Gasteiger charge is 2.41. The van der Waals surface area contributed by atoms with Crippen molar-refractivity contribution in [2.75, 3.05) is 4.90 Å². The van der Waals surface area contributed by atoms with Gasteiger partial charge < -0.3 is 0 Å². The van der Waals surface area contributed by atoms with Crippen LogP contribution < -0.4 is 4.90 Å². The third-order valence-corrected chi connectivity index (χ3v) is 4.75. The maximum Gasteiger partial charge on any atom is 0.247 e. The van der Waals surface area contributed by atoms with Crippen LogP contribution in [0.15, 0.2) is 47.4 Å². The van der Waals surface area contributed by atoms with Gasteiger partial charge in [0, 0.05) is 17.4 Å². The first-order chi connectivity index (χ1) is 11.0. The monoisotopic (exact) mass is 333 g/mol. The van der Waals surface area contributed by atoms with Crippen LogP contribution >= 0.6 is 11.8 Å². The van der Waals surface area contributed by atoms with Gasteiger partial charge in [0.05, 0.1) is 10.9 Å². The van der Waals surface area contributed by atoms with Gasteiger partial charge in [0.2, 0.25) is 11.8 Å². The molecule has 1 aliphatic rings. The first kappa shape index (κ1) is 15.7. The summed E-state index contributed by atoms with van der Waals surface area (Å²) < 4.78 is 26.8. The molecular formula is C17H13F2NO2S. The molecule has 0 radical (unpaired) electrons. The van der Waals surface area contributed by atoms with E-state index in [0.717, 1.165) is 27.5 Å². The summed E-state index contributed by atoms with van der Waals surface area (Å²) >= 11 is 1.27. The number of nitrogens with zero attached hydrogens (tertiary/aromatic N) is 1. The van der Waals surface area contributed by atoms with Crippen molar-refractivity contribution >= 4 is 29.3 Å². The third kappa shape index (κ3) is 3.12. The number of carbonyl (C=O) groups excluding carboxylic acids is 2. The van der Waals surface area contributed by atoms with Crippen molar-refractivity contribution in [1.29, 1.82) is 0 Å². The average molecular weight is 333 g/mol. The predicted molar refractivity (Wildman–Crippen MR) is 84.3 cm³/mol. The highest BCUT2D eigenvalue weighted by atomic mass is 32.2. The van der Waals surface area contributed by atoms with Gasteiger partial charge in [-0.15, -0.1) is 11.8 Å². The number of anilines is 1. The van der Waals surface area contributed by atoms with Gasteiger partial charge >= 0.3 is 0 Å². The molecule has 0 bridgehead atoms. The zero-order valence-corrected chi connectivity index (χ0v) is 13.1. The summed E-state index contributed by atoms with van der Waals surface area (Å²) in [6.45, 7) is 1.96. The number of halogens is 2. The van der Waals surface area contributed by atoms with Crippen LogP contribution in [-0.4, -0.2) is 17.1 Å².